The van der Waals surface area contributed by atoms with Crippen molar-refractivity contribution in [2.24, 2.45) is 17.1 Å². The maximum absolute atomic E-state index is 12.8. The van der Waals surface area contributed by atoms with Crippen LogP contribution in [0.15, 0.2) is 24.3 Å². The third-order valence-electron chi connectivity index (χ3n) is 5.76. The van der Waals surface area contributed by atoms with Gasteiger partial charge in [0.25, 0.3) is 0 Å². The molecule has 3 atom stereocenters. The standard InChI is InChI=1S/C20H30N2O/c1-13(2)14-5-7-15(8-6-14)16-11-17(16)19(23)22-10-9-18(21)20(3,4)12-22/h5-8,13,16-18H,9-12,21H2,1-4H3. The Morgan fingerprint density at radius 1 is 1.26 bits per heavy atom. The van der Waals surface area contributed by atoms with E-state index in [4.69, 9.17) is 5.73 Å². The predicted octanol–water partition coefficient (Wildman–Crippen LogP) is 3.50. The Morgan fingerprint density at radius 3 is 2.48 bits per heavy atom. The molecule has 1 amide bonds. The van der Waals surface area contributed by atoms with Gasteiger partial charge in [-0.15, -0.1) is 0 Å². The highest BCUT2D eigenvalue weighted by molar-refractivity contribution is 5.83. The molecule has 1 saturated carbocycles. The summed E-state index contributed by atoms with van der Waals surface area (Å²) in [5, 5.41) is 0. The molecule has 2 aliphatic rings. The van der Waals surface area contributed by atoms with Crippen LogP contribution in [-0.2, 0) is 4.79 Å². The van der Waals surface area contributed by atoms with Gasteiger partial charge < -0.3 is 10.6 Å². The average Bonchev–Trinajstić information content (AvgIpc) is 3.30. The summed E-state index contributed by atoms with van der Waals surface area (Å²) in [7, 11) is 0. The van der Waals surface area contributed by atoms with Crippen LogP contribution in [0, 0.1) is 11.3 Å². The van der Waals surface area contributed by atoms with Gasteiger partial charge in [0, 0.05) is 25.0 Å². The molecule has 1 aromatic carbocycles. The third kappa shape index (κ3) is 3.30. The van der Waals surface area contributed by atoms with Gasteiger partial charge in [0.1, 0.15) is 0 Å². The van der Waals surface area contributed by atoms with E-state index in [9.17, 15) is 4.79 Å². The summed E-state index contributed by atoms with van der Waals surface area (Å²) in [4.78, 5) is 14.9. The Hall–Kier alpha value is -1.35. The van der Waals surface area contributed by atoms with Gasteiger partial charge in [0.05, 0.1) is 0 Å². The smallest absolute Gasteiger partial charge is 0.226 e. The van der Waals surface area contributed by atoms with E-state index in [0.717, 1.165) is 25.9 Å². The lowest BCUT2D eigenvalue weighted by Gasteiger charge is -2.42. The van der Waals surface area contributed by atoms with Gasteiger partial charge in [-0.25, -0.2) is 0 Å². The number of benzene rings is 1. The normalized spacial score (nSPS) is 29.7. The Bertz CT molecular complexity index is 576. The van der Waals surface area contributed by atoms with Gasteiger partial charge in [-0.2, -0.15) is 0 Å². The quantitative estimate of drug-likeness (QED) is 0.928. The predicted molar refractivity (Wildman–Crippen MR) is 94.3 cm³/mol. The SMILES string of the molecule is CC(C)c1ccc(C2CC2C(=O)N2CCC(N)C(C)(C)C2)cc1. The highest BCUT2D eigenvalue weighted by atomic mass is 16.2. The van der Waals surface area contributed by atoms with Crippen molar-refractivity contribution in [3.8, 4) is 0 Å². The minimum Gasteiger partial charge on any atom is -0.342 e. The maximum Gasteiger partial charge on any atom is 0.226 e. The summed E-state index contributed by atoms with van der Waals surface area (Å²) in [5.74, 6) is 1.50. The van der Waals surface area contributed by atoms with Crippen LogP contribution in [0.25, 0.3) is 0 Å². The number of likely N-dealkylation sites (tertiary alicyclic amines) is 1. The Kier molecular flexibility index (Phi) is 4.26. The van der Waals surface area contributed by atoms with Gasteiger partial charge >= 0.3 is 0 Å². The fourth-order valence-corrected chi connectivity index (χ4v) is 3.76. The molecule has 1 heterocycles. The van der Waals surface area contributed by atoms with Crippen molar-refractivity contribution in [3.05, 3.63) is 35.4 Å². The number of nitrogens with two attached hydrogens (primary N) is 1. The van der Waals surface area contributed by atoms with E-state index in [1.807, 2.05) is 0 Å². The van der Waals surface area contributed by atoms with Crippen LogP contribution in [0.1, 0.15) is 63.5 Å². The number of carbonyl (C=O) groups is 1. The molecular weight excluding hydrogens is 284 g/mol. The van der Waals surface area contributed by atoms with Crippen LogP contribution >= 0.6 is 0 Å². The van der Waals surface area contributed by atoms with E-state index in [1.54, 1.807) is 0 Å². The zero-order valence-electron chi connectivity index (χ0n) is 14.9. The molecule has 2 N–H and O–H groups in total. The lowest BCUT2D eigenvalue weighted by atomic mass is 9.79. The average molecular weight is 314 g/mol. The summed E-state index contributed by atoms with van der Waals surface area (Å²) < 4.78 is 0. The number of rotatable bonds is 3. The first kappa shape index (κ1) is 16.5. The second-order valence-electron chi connectivity index (χ2n) is 8.41. The molecule has 3 nitrogen and oxygen atoms in total. The van der Waals surface area contributed by atoms with Gasteiger partial charge in [-0.05, 0) is 41.2 Å². The van der Waals surface area contributed by atoms with Crippen molar-refractivity contribution in [1.29, 1.82) is 0 Å². The van der Waals surface area contributed by atoms with Crippen LogP contribution in [0.4, 0.5) is 0 Å². The molecule has 1 aliphatic carbocycles. The van der Waals surface area contributed by atoms with E-state index in [2.05, 4.69) is 56.9 Å². The Morgan fingerprint density at radius 2 is 1.91 bits per heavy atom. The van der Waals surface area contributed by atoms with Crippen molar-refractivity contribution in [1.82, 2.24) is 4.90 Å². The molecule has 2 fully saturated rings. The number of nitrogens with zero attached hydrogens (tertiary/aromatic N) is 1. The van der Waals surface area contributed by atoms with Crippen molar-refractivity contribution >= 4 is 5.91 Å². The first-order valence-corrected chi connectivity index (χ1v) is 8.94. The van der Waals surface area contributed by atoms with Crippen LogP contribution < -0.4 is 5.73 Å². The van der Waals surface area contributed by atoms with Crippen LogP contribution in [0.5, 0.6) is 0 Å². The molecular formula is C20H30N2O. The molecule has 3 rings (SSSR count). The summed E-state index contributed by atoms with van der Waals surface area (Å²) in [6.45, 7) is 10.4. The highest BCUT2D eigenvalue weighted by Gasteiger charge is 2.47. The molecule has 0 radical (unpaired) electrons. The number of piperidine rings is 1. The topological polar surface area (TPSA) is 46.3 Å². The van der Waals surface area contributed by atoms with Crippen molar-refractivity contribution in [2.45, 2.75) is 58.4 Å². The molecule has 23 heavy (non-hydrogen) atoms. The monoisotopic (exact) mass is 314 g/mol. The molecule has 0 spiro atoms. The fraction of sp³-hybridized carbons (Fsp3) is 0.650. The van der Waals surface area contributed by atoms with Crippen molar-refractivity contribution in [3.63, 3.8) is 0 Å². The lowest BCUT2D eigenvalue weighted by molar-refractivity contribution is -0.136. The summed E-state index contributed by atoms with van der Waals surface area (Å²) in [5.41, 5.74) is 8.90. The molecule has 0 aromatic heterocycles. The molecule has 126 valence electrons. The first-order chi connectivity index (χ1) is 10.8. The van der Waals surface area contributed by atoms with Gasteiger partial charge in [-0.1, -0.05) is 52.0 Å². The zero-order valence-corrected chi connectivity index (χ0v) is 14.9. The molecule has 1 aliphatic heterocycles. The number of amides is 1. The van der Waals surface area contributed by atoms with Gasteiger partial charge in [0.15, 0.2) is 0 Å². The second kappa shape index (κ2) is 5.94. The van der Waals surface area contributed by atoms with Gasteiger partial charge in [-0.3, -0.25) is 4.79 Å². The summed E-state index contributed by atoms with van der Waals surface area (Å²) >= 11 is 0. The summed E-state index contributed by atoms with van der Waals surface area (Å²) in [6.07, 6.45) is 1.92. The van der Waals surface area contributed by atoms with E-state index in [0.29, 0.717) is 17.7 Å². The van der Waals surface area contributed by atoms with Crippen LogP contribution in [0.2, 0.25) is 0 Å². The second-order valence-corrected chi connectivity index (χ2v) is 8.41. The van der Waals surface area contributed by atoms with Gasteiger partial charge in [0.2, 0.25) is 5.91 Å². The van der Waals surface area contributed by atoms with E-state index in [-0.39, 0.29) is 17.4 Å². The number of hydrogen-bond donors (Lipinski definition) is 1. The highest BCUT2D eigenvalue weighted by Crippen LogP contribution is 2.49. The Balaban J connectivity index is 1.63. The van der Waals surface area contributed by atoms with Crippen LogP contribution in [-0.4, -0.2) is 29.9 Å². The Labute approximate surface area is 140 Å². The van der Waals surface area contributed by atoms with E-state index < -0.39 is 0 Å². The minimum atomic E-state index is 0.0250. The fourth-order valence-electron chi connectivity index (χ4n) is 3.76. The van der Waals surface area contributed by atoms with E-state index in [1.165, 1.54) is 11.1 Å². The largest absolute Gasteiger partial charge is 0.342 e. The van der Waals surface area contributed by atoms with Crippen molar-refractivity contribution < 1.29 is 4.79 Å². The van der Waals surface area contributed by atoms with Crippen molar-refractivity contribution in [2.75, 3.05) is 13.1 Å². The molecule has 3 unspecified atom stereocenters. The molecule has 0 bridgehead atoms. The molecule has 1 aromatic rings. The zero-order chi connectivity index (χ0) is 16.8. The number of hydrogen-bond acceptors (Lipinski definition) is 2. The summed E-state index contributed by atoms with van der Waals surface area (Å²) in [6, 6.07) is 9.04. The van der Waals surface area contributed by atoms with Crippen LogP contribution in [0.3, 0.4) is 0 Å². The lowest BCUT2D eigenvalue weighted by Crippen LogP contribution is -2.54. The minimum absolute atomic E-state index is 0.0250. The number of carbonyl (C=O) groups excluding carboxylic acids is 1. The van der Waals surface area contributed by atoms with E-state index >= 15 is 0 Å². The molecule has 1 saturated heterocycles. The first-order valence-electron chi connectivity index (χ1n) is 8.94. The maximum atomic E-state index is 12.8. The third-order valence-corrected chi connectivity index (χ3v) is 5.76. The molecule has 3 heteroatoms.